The number of nitrogens with one attached hydrogen (secondary N) is 1. The number of rotatable bonds is 3. The summed E-state index contributed by atoms with van der Waals surface area (Å²) in [5, 5.41) is 15.4. The van der Waals surface area contributed by atoms with E-state index in [-0.39, 0.29) is 0 Å². The van der Waals surface area contributed by atoms with E-state index >= 15 is 0 Å². The molecule has 2 rings (SSSR count). The Bertz CT molecular complexity index is 554. The van der Waals surface area contributed by atoms with E-state index in [1.807, 2.05) is 12.1 Å². The van der Waals surface area contributed by atoms with Crippen molar-refractivity contribution < 1.29 is 14.7 Å². The third-order valence-electron chi connectivity index (χ3n) is 2.96. The van der Waals surface area contributed by atoms with Gasteiger partial charge < -0.3 is 15.7 Å². The number of nitrogens with two attached hydrogens (primary N) is 1. The van der Waals surface area contributed by atoms with E-state index in [9.17, 15) is 4.79 Å². The Morgan fingerprint density at radius 3 is 2.80 bits per heavy atom. The zero-order valence-electron chi connectivity index (χ0n) is 10.5. The first-order chi connectivity index (χ1) is 9.61. The Balaban J connectivity index is 2.43. The van der Waals surface area contributed by atoms with Gasteiger partial charge in [-0.05, 0) is 29.7 Å². The van der Waals surface area contributed by atoms with E-state index in [1.165, 1.54) is 6.21 Å². The summed E-state index contributed by atoms with van der Waals surface area (Å²) < 4.78 is 4.97. The summed E-state index contributed by atoms with van der Waals surface area (Å²) in [5.74, 6) is 0. The zero-order valence-corrected chi connectivity index (χ0v) is 11.3. The summed E-state index contributed by atoms with van der Waals surface area (Å²) in [7, 11) is 0. The summed E-state index contributed by atoms with van der Waals surface area (Å²) in [6.45, 7) is 0.610. The Morgan fingerprint density at radius 1 is 1.50 bits per heavy atom. The van der Waals surface area contributed by atoms with Crippen LogP contribution in [0.3, 0.4) is 0 Å². The van der Waals surface area contributed by atoms with Gasteiger partial charge in [0.1, 0.15) is 0 Å². The molecular formula is C13H14ClN3O3. The van der Waals surface area contributed by atoms with E-state index in [0.29, 0.717) is 23.6 Å². The average Bonchev–Trinajstić information content (AvgIpc) is 2.41. The molecule has 1 aromatic rings. The molecule has 0 bridgehead atoms. The number of oxime groups is 1. The number of halogens is 1. The second-order valence-corrected chi connectivity index (χ2v) is 4.64. The van der Waals surface area contributed by atoms with Gasteiger partial charge in [-0.3, -0.25) is 5.32 Å². The molecule has 0 aromatic heterocycles. The molecule has 106 valence electrons. The number of ether oxygens (including phenoxy) is 1. The number of carbonyl (C=O) groups is 1. The molecule has 1 unspecified atom stereocenters. The molecule has 0 fully saturated rings. The highest BCUT2D eigenvalue weighted by atomic mass is 35.5. The molecular weight excluding hydrogens is 282 g/mol. The quantitative estimate of drug-likeness (QED) is 0.451. The number of primary amides is 1. The number of amides is 1. The number of carbonyl (C=O) groups excluding carboxylic acids is 1. The minimum Gasteiger partial charge on any atom is -0.426 e. The van der Waals surface area contributed by atoms with Crippen molar-refractivity contribution in [1.82, 2.24) is 5.32 Å². The lowest BCUT2D eigenvalue weighted by atomic mass is 9.94. The lowest BCUT2D eigenvalue weighted by Crippen LogP contribution is -2.41. The molecule has 1 aromatic carbocycles. The van der Waals surface area contributed by atoms with Crippen molar-refractivity contribution in [2.75, 3.05) is 6.54 Å². The fourth-order valence-electron chi connectivity index (χ4n) is 2.13. The highest BCUT2D eigenvalue weighted by Gasteiger charge is 2.25. The van der Waals surface area contributed by atoms with Crippen LogP contribution in [0.5, 0.6) is 0 Å². The Labute approximate surface area is 120 Å². The third kappa shape index (κ3) is 3.28. The van der Waals surface area contributed by atoms with Gasteiger partial charge in [-0.25, -0.2) is 4.79 Å². The van der Waals surface area contributed by atoms with Crippen molar-refractivity contribution in [3.8, 4) is 0 Å². The highest BCUT2D eigenvalue weighted by molar-refractivity contribution is 6.30. The predicted octanol–water partition coefficient (Wildman–Crippen LogP) is 1.97. The lowest BCUT2D eigenvalue weighted by molar-refractivity contribution is 0.108. The van der Waals surface area contributed by atoms with Crippen LogP contribution in [0.25, 0.3) is 5.57 Å². The third-order valence-corrected chi connectivity index (χ3v) is 3.21. The van der Waals surface area contributed by atoms with Crippen LogP contribution in [0.2, 0.25) is 5.02 Å². The van der Waals surface area contributed by atoms with Gasteiger partial charge in [-0.1, -0.05) is 28.9 Å². The molecule has 7 heteroatoms. The average molecular weight is 296 g/mol. The standard InChI is InChI=1S/C13H14ClN3O3/c14-9-3-1-8(2-4-9)10-5-6-16-12(20-13(15)18)11(10)7-17-19/h1-4,7,12,16,19H,5-6H2,(H2,15,18). The van der Waals surface area contributed by atoms with Gasteiger partial charge in [-0.2, -0.15) is 0 Å². The van der Waals surface area contributed by atoms with Gasteiger partial charge in [0.2, 0.25) is 0 Å². The van der Waals surface area contributed by atoms with Crippen LogP contribution >= 0.6 is 11.6 Å². The summed E-state index contributed by atoms with van der Waals surface area (Å²) in [4.78, 5) is 10.9. The number of nitrogens with zero attached hydrogens (tertiary/aromatic N) is 1. The Kier molecular flexibility index (Phi) is 4.60. The van der Waals surface area contributed by atoms with Gasteiger partial charge in [-0.15, -0.1) is 0 Å². The van der Waals surface area contributed by atoms with Crippen molar-refractivity contribution in [3.63, 3.8) is 0 Å². The minimum absolute atomic E-state index is 0.555. The predicted molar refractivity (Wildman–Crippen MR) is 75.7 cm³/mol. The van der Waals surface area contributed by atoms with E-state index < -0.39 is 12.3 Å². The molecule has 20 heavy (non-hydrogen) atoms. The molecule has 1 amide bonds. The second-order valence-electron chi connectivity index (χ2n) is 4.21. The zero-order chi connectivity index (χ0) is 14.5. The van der Waals surface area contributed by atoms with Crippen LogP contribution in [0.4, 0.5) is 4.79 Å². The molecule has 0 spiro atoms. The molecule has 0 saturated carbocycles. The Morgan fingerprint density at radius 2 is 2.20 bits per heavy atom. The molecule has 0 saturated heterocycles. The minimum atomic E-state index is -0.899. The van der Waals surface area contributed by atoms with Gasteiger partial charge >= 0.3 is 6.09 Å². The SMILES string of the molecule is NC(=O)OC1NCCC(c2ccc(Cl)cc2)=C1C=NO. The van der Waals surface area contributed by atoms with Crippen LogP contribution in [-0.2, 0) is 4.74 Å². The fraction of sp³-hybridized carbons (Fsp3) is 0.231. The Hall–Kier alpha value is -2.05. The number of hydrogen-bond acceptors (Lipinski definition) is 5. The fourth-order valence-corrected chi connectivity index (χ4v) is 2.26. The molecule has 1 aliphatic heterocycles. The van der Waals surface area contributed by atoms with Crippen molar-refractivity contribution in [1.29, 1.82) is 0 Å². The largest absolute Gasteiger partial charge is 0.426 e. The van der Waals surface area contributed by atoms with E-state index in [2.05, 4.69) is 10.5 Å². The summed E-state index contributed by atoms with van der Waals surface area (Å²) in [6.07, 6.45) is 0.303. The van der Waals surface area contributed by atoms with Gasteiger partial charge in [0.15, 0.2) is 6.23 Å². The molecule has 1 heterocycles. The molecule has 0 radical (unpaired) electrons. The summed E-state index contributed by atoms with van der Waals surface area (Å²) in [6, 6.07) is 7.25. The number of benzene rings is 1. The number of hydrogen-bond donors (Lipinski definition) is 3. The smallest absolute Gasteiger partial charge is 0.406 e. The maximum Gasteiger partial charge on any atom is 0.406 e. The van der Waals surface area contributed by atoms with Crippen molar-refractivity contribution in [2.24, 2.45) is 10.9 Å². The molecule has 6 nitrogen and oxygen atoms in total. The monoisotopic (exact) mass is 295 g/mol. The lowest BCUT2D eigenvalue weighted by Gasteiger charge is -2.27. The van der Waals surface area contributed by atoms with Crippen LogP contribution in [0.15, 0.2) is 35.0 Å². The van der Waals surface area contributed by atoms with Crippen molar-refractivity contribution in [2.45, 2.75) is 12.6 Å². The first-order valence-corrected chi connectivity index (χ1v) is 6.35. The van der Waals surface area contributed by atoms with Crippen LogP contribution < -0.4 is 11.1 Å². The molecule has 0 aliphatic carbocycles. The molecule has 1 atom stereocenters. The maximum absolute atomic E-state index is 10.9. The second kappa shape index (κ2) is 6.40. The van der Waals surface area contributed by atoms with E-state index in [0.717, 1.165) is 11.1 Å². The van der Waals surface area contributed by atoms with Crippen LogP contribution in [0.1, 0.15) is 12.0 Å². The first kappa shape index (κ1) is 14.4. The van der Waals surface area contributed by atoms with E-state index in [4.69, 9.17) is 27.3 Å². The van der Waals surface area contributed by atoms with Crippen LogP contribution in [0, 0.1) is 0 Å². The first-order valence-electron chi connectivity index (χ1n) is 5.97. The highest BCUT2D eigenvalue weighted by Crippen LogP contribution is 2.27. The van der Waals surface area contributed by atoms with Crippen molar-refractivity contribution >= 4 is 29.5 Å². The van der Waals surface area contributed by atoms with Crippen molar-refractivity contribution in [3.05, 3.63) is 40.4 Å². The molecule has 1 aliphatic rings. The summed E-state index contributed by atoms with van der Waals surface area (Å²) >= 11 is 5.87. The van der Waals surface area contributed by atoms with Crippen LogP contribution in [-0.4, -0.2) is 30.3 Å². The summed E-state index contributed by atoms with van der Waals surface area (Å²) in [5.41, 5.74) is 7.42. The van der Waals surface area contributed by atoms with Gasteiger partial charge in [0.05, 0.1) is 6.21 Å². The normalized spacial score (nSPS) is 19.4. The van der Waals surface area contributed by atoms with Gasteiger partial charge in [0, 0.05) is 17.1 Å². The topological polar surface area (TPSA) is 96.9 Å². The maximum atomic E-state index is 10.9. The molecule has 4 N–H and O–H groups in total. The van der Waals surface area contributed by atoms with E-state index in [1.54, 1.807) is 12.1 Å². The van der Waals surface area contributed by atoms with Gasteiger partial charge in [0.25, 0.3) is 0 Å².